The number of nitrogens with zero attached hydrogens (tertiary/aromatic N) is 1. The van der Waals surface area contributed by atoms with E-state index >= 15 is 0 Å². The summed E-state index contributed by atoms with van der Waals surface area (Å²) in [7, 11) is 0. The summed E-state index contributed by atoms with van der Waals surface area (Å²) in [4.78, 5) is 13.4. The fraction of sp³-hybridized carbons (Fsp3) is 0.316. The van der Waals surface area contributed by atoms with Crippen LogP contribution in [-0.4, -0.2) is 10.8 Å². The molecule has 1 heterocycles. The first-order valence-electron chi connectivity index (χ1n) is 7.80. The summed E-state index contributed by atoms with van der Waals surface area (Å²) < 4.78 is 0. The molecule has 2 N–H and O–H groups in total. The van der Waals surface area contributed by atoms with Crippen molar-refractivity contribution >= 4 is 5.91 Å². The number of carbonyl (C=O) groups excluding carboxylic acids is 1. The lowest BCUT2D eigenvalue weighted by atomic mass is 9.97. The van der Waals surface area contributed by atoms with E-state index < -0.39 is 0 Å². The summed E-state index contributed by atoms with van der Waals surface area (Å²) in [6, 6.07) is 16.9. The Balaban J connectivity index is 1.66. The van der Waals surface area contributed by atoms with E-state index in [0.717, 1.165) is 19.4 Å². The van der Waals surface area contributed by atoms with Gasteiger partial charge >= 0.3 is 0 Å². The molecule has 0 saturated heterocycles. The molecule has 1 atom stereocenters. The lowest BCUT2D eigenvalue weighted by molar-refractivity contribution is -0.129. The molecule has 0 bridgehead atoms. The minimum Gasteiger partial charge on any atom is -0.334 e. The van der Waals surface area contributed by atoms with Crippen LogP contribution in [0.15, 0.2) is 48.5 Å². The molecule has 1 aliphatic rings. The van der Waals surface area contributed by atoms with Crippen molar-refractivity contribution in [3.8, 4) is 0 Å². The van der Waals surface area contributed by atoms with Gasteiger partial charge in [-0.2, -0.15) is 0 Å². The van der Waals surface area contributed by atoms with Gasteiger partial charge in [0.2, 0.25) is 5.91 Å². The molecule has 2 aromatic carbocycles. The predicted octanol–water partition coefficient (Wildman–Crippen LogP) is 3.18. The SMILES string of the molecule is CC(=O)N1Cc2ccc(C(N)CCc3ccccc3)cc2C1. The lowest BCUT2D eigenvalue weighted by Crippen LogP contribution is -2.21. The van der Waals surface area contributed by atoms with Crippen LogP contribution in [0, 0.1) is 0 Å². The summed E-state index contributed by atoms with van der Waals surface area (Å²) in [5.41, 5.74) is 11.3. The number of rotatable bonds is 4. The Kier molecular flexibility index (Phi) is 4.25. The van der Waals surface area contributed by atoms with Crippen molar-refractivity contribution in [1.29, 1.82) is 0 Å². The summed E-state index contributed by atoms with van der Waals surface area (Å²) in [5, 5.41) is 0. The van der Waals surface area contributed by atoms with E-state index in [9.17, 15) is 4.79 Å². The standard InChI is InChI=1S/C19H22N2O/c1-14(22)21-12-17-9-8-16(11-18(17)13-21)19(20)10-7-15-5-3-2-4-6-15/h2-6,8-9,11,19H,7,10,12-13,20H2,1H3. The molecular formula is C19H22N2O. The van der Waals surface area contributed by atoms with Crippen molar-refractivity contribution < 1.29 is 4.79 Å². The quantitative estimate of drug-likeness (QED) is 0.941. The van der Waals surface area contributed by atoms with Gasteiger partial charge in [-0.1, -0.05) is 48.5 Å². The molecule has 1 unspecified atom stereocenters. The number of hydrogen-bond acceptors (Lipinski definition) is 2. The van der Waals surface area contributed by atoms with Crippen LogP contribution in [0.4, 0.5) is 0 Å². The first-order chi connectivity index (χ1) is 10.6. The van der Waals surface area contributed by atoms with Crippen LogP contribution < -0.4 is 5.73 Å². The molecule has 0 fully saturated rings. The number of amides is 1. The van der Waals surface area contributed by atoms with E-state index in [2.05, 4.69) is 42.5 Å². The van der Waals surface area contributed by atoms with Gasteiger partial charge in [-0.15, -0.1) is 0 Å². The summed E-state index contributed by atoms with van der Waals surface area (Å²) >= 11 is 0. The topological polar surface area (TPSA) is 46.3 Å². The Morgan fingerprint density at radius 3 is 2.59 bits per heavy atom. The van der Waals surface area contributed by atoms with Gasteiger partial charge in [0, 0.05) is 26.1 Å². The Labute approximate surface area is 131 Å². The monoisotopic (exact) mass is 294 g/mol. The van der Waals surface area contributed by atoms with Crippen molar-refractivity contribution in [2.24, 2.45) is 5.73 Å². The maximum absolute atomic E-state index is 11.5. The van der Waals surface area contributed by atoms with E-state index in [1.54, 1.807) is 6.92 Å². The lowest BCUT2D eigenvalue weighted by Gasteiger charge is -2.13. The van der Waals surface area contributed by atoms with Crippen LogP contribution in [0.5, 0.6) is 0 Å². The van der Waals surface area contributed by atoms with Crippen molar-refractivity contribution in [2.75, 3.05) is 0 Å². The van der Waals surface area contributed by atoms with Gasteiger partial charge in [0.15, 0.2) is 0 Å². The van der Waals surface area contributed by atoms with Crippen LogP contribution >= 0.6 is 0 Å². The number of benzene rings is 2. The molecule has 0 aliphatic carbocycles. The highest BCUT2D eigenvalue weighted by atomic mass is 16.2. The van der Waals surface area contributed by atoms with Crippen LogP contribution in [-0.2, 0) is 24.3 Å². The largest absolute Gasteiger partial charge is 0.334 e. The average Bonchev–Trinajstić information content (AvgIpc) is 2.97. The zero-order valence-electron chi connectivity index (χ0n) is 13.0. The molecule has 3 rings (SSSR count). The van der Waals surface area contributed by atoms with Gasteiger partial charge in [-0.05, 0) is 35.1 Å². The first-order valence-corrected chi connectivity index (χ1v) is 7.80. The van der Waals surface area contributed by atoms with E-state index in [1.165, 1.54) is 22.3 Å². The normalized spacial score (nSPS) is 14.7. The molecule has 22 heavy (non-hydrogen) atoms. The fourth-order valence-corrected chi connectivity index (χ4v) is 3.00. The van der Waals surface area contributed by atoms with Gasteiger partial charge in [0.05, 0.1) is 0 Å². The molecule has 1 amide bonds. The second kappa shape index (κ2) is 6.32. The zero-order chi connectivity index (χ0) is 15.5. The average molecular weight is 294 g/mol. The number of aryl methyl sites for hydroxylation is 1. The second-order valence-corrected chi connectivity index (χ2v) is 6.03. The van der Waals surface area contributed by atoms with Gasteiger partial charge in [-0.25, -0.2) is 0 Å². The third-order valence-corrected chi connectivity index (χ3v) is 4.41. The minimum atomic E-state index is 0.0388. The number of carbonyl (C=O) groups is 1. The Morgan fingerprint density at radius 2 is 1.86 bits per heavy atom. The zero-order valence-corrected chi connectivity index (χ0v) is 13.0. The van der Waals surface area contributed by atoms with E-state index in [1.807, 2.05) is 11.0 Å². The Hall–Kier alpha value is -2.13. The molecule has 3 nitrogen and oxygen atoms in total. The van der Waals surface area contributed by atoms with Crippen molar-refractivity contribution in [2.45, 2.75) is 38.9 Å². The first kappa shape index (κ1) is 14.8. The van der Waals surface area contributed by atoms with Crippen LogP contribution in [0.2, 0.25) is 0 Å². The van der Waals surface area contributed by atoms with Crippen molar-refractivity contribution in [3.05, 3.63) is 70.8 Å². The Bertz CT molecular complexity index is 666. The van der Waals surface area contributed by atoms with E-state index in [0.29, 0.717) is 6.54 Å². The molecule has 2 aromatic rings. The third-order valence-electron chi connectivity index (χ3n) is 4.41. The number of nitrogens with two attached hydrogens (primary N) is 1. The van der Waals surface area contributed by atoms with Crippen molar-refractivity contribution in [3.63, 3.8) is 0 Å². The van der Waals surface area contributed by atoms with E-state index in [4.69, 9.17) is 5.73 Å². The summed E-state index contributed by atoms with van der Waals surface area (Å²) in [6.45, 7) is 3.06. The molecule has 1 aliphatic heterocycles. The minimum absolute atomic E-state index is 0.0388. The maximum Gasteiger partial charge on any atom is 0.220 e. The summed E-state index contributed by atoms with van der Waals surface area (Å²) in [6.07, 6.45) is 1.91. The molecule has 0 spiro atoms. The van der Waals surface area contributed by atoms with E-state index in [-0.39, 0.29) is 11.9 Å². The highest BCUT2D eigenvalue weighted by Crippen LogP contribution is 2.27. The molecular weight excluding hydrogens is 272 g/mol. The van der Waals surface area contributed by atoms with Crippen LogP contribution in [0.1, 0.15) is 41.6 Å². The fourth-order valence-electron chi connectivity index (χ4n) is 3.00. The molecule has 3 heteroatoms. The van der Waals surface area contributed by atoms with Gasteiger partial charge < -0.3 is 10.6 Å². The predicted molar refractivity (Wildman–Crippen MR) is 88.1 cm³/mol. The van der Waals surface area contributed by atoms with Gasteiger partial charge in [-0.3, -0.25) is 4.79 Å². The van der Waals surface area contributed by atoms with Crippen LogP contribution in [0.3, 0.4) is 0 Å². The molecule has 0 radical (unpaired) electrons. The molecule has 0 saturated carbocycles. The number of fused-ring (bicyclic) bond motifs is 1. The van der Waals surface area contributed by atoms with Crippen molar-refractivity contribution in [1.82, 2.24) is 4.90 Å². The van der Waals surface area contributed by atoms with Gasteiger partial charge in [0.1, 0.15) is 0 Å². The van der Waals surface area contributed by atoms with Gasteiger partial charge in [0.25, 0.3) is 0 Å². The maximum atomic E-state index is 11.5. The number of hydrogen-bond donors (Lipinski definition) is 1. The highest BCUT2D eigenvalue weighted by molar-refractivity contribution is 5.74. The second-order valence-electron chi connectivity index (χ2n) is 6.03. The third kappa shape index (κ3) is 3.20. The summed E-state index contributed by atoms with van der Waals surface area (Å²) in [5.74, 6) is 0.131. The highest BCUT2D eigenvalue weighted by Gasteiger charge is 2.21. The van der Waals surface area contributed by atoms with Crippen LogP contribution in [0.25, 0.3) is 0 Å². The molecule has 114 valence electrons. The smallest absolute Gasteiger partial charge is 0.220 e. The Morgan fingerprint density at radius 1 is 1.14 bits per heavy atom. The molecule has 0 aromatic heterocycles.